The van der Waals surface area contributed by atoms with Crippen LogP contribution in [0.4, 0.5) is 17.1 Å². The van der Waals surface area contributed by atoms with Crippen LogP contribution in [0.5, 0.6) is 5.75 Å². The van der Waals surface area contributed by atoms with Gasteiger partial charge in [-0.25, -0.2) is 18.4 Å². The van der Waals surface area contributed by atoms with Crippen LogP contribution in [0.15, 0.2) is 70.1 Å². The first kappa shape index (κ1) is 39.9. The number of carboxylic acid groups (broad SMARTS) is 1. The van der Waals surface area contributed by atoms with Crippen LogP contribution in [0.3, 0.4) is 0 Å². The first-order chi connectivity index (χ1) is 26.5. The van der Waals surface area contributed by atoms with E-state index in [9.17, 15) is 28.4 Å². The van der Waals surface area contributed by atoms with E-state index in [0.717, 1.165) is 48.2 Å². The van der Waals surface area contributed by atoms with Crippen molar-refractivity contribution in [3.8, 4) is 23.2 Å². The Bertz CT molecular complexity index is 2440. The predicted molar refractivity (Wildman–Crippen MR) is 216 cm³/mol. The van der Waals surface area contributed by atoms with E-state index in [1.807, 2.05) is 19.9 Å². The van der Waals surface area contributed by atoms with Crippen molar-refractivity contribution in [2.24, 2.45) is 10.9 Å². The Morgan fingerprint density at radius 1 is 1.14 bits per heavy atom. The van der Waals surface area contributed by atoms with Crippen LogP contribution < -0.4 is 15.0 Å². The number of hydrogen-bond acceptors (Lipinski definition) is 10. The van der Waals surface area contributed by atoms with E-state index >= 15 is 0 Å². The number of amides is 1. The summed E-state index contributed by atoms with van der Waals surface area (Å²) in [5.74, 6) is -1.99. The van der Waals surface area contributed by atoms with E-state index in [0.29, 0.717) is 17.0 Å². The van der Waals surface area contributed by atoms with E-state index in [4.69, 9.17) is 19.8 Å². The number of ether oxygens (including phenoxy) is 1. The molecule has 2 unspecified atom stereocenters. The van der Waals surface area contributed by atoms with Gasteiger partial charge in [-0.05, 0) is 100 Å². The van der Waals surface area contributed by atoms with Gasteiger partial charge in [-0.2, -0.15) is 9.94 Å². The molecule has 0 fully saturated rings. The Balaban J connectivity index is 1.52. The standard InChI is InChI=1S/C42H47N7O6S/c1-9-10-17-48-34-18-25(3)32(21-30(34)27(5)22-42(48,6)7)45-39-31(23-43)37(56(53,54)29-14-11-24(2)12-15-29)40-46-38(47-49(39)40)28-13-16-35(55-8)33(20-28)44-36(50)19-26(4)41(51)52/h11-16,18,20-21,26-27H,9-10,17,19,22H2,1-8H3,(H,44,50)(H,51,52). The number of aliphatic carboxylic acids is 1. The number of rotatable bonds is 12. The summed E-state index contributed by atoms with van der Waals surface area (Å²) in [6.07, 6.45) is 2.79. The summed E-state index contributed by atoms with van der Waals surface area (Å²) in [4.78, 5) is 36.0. The zero-order valence-electron chi connectivity index (χ0n) is 33.0. The second kappa shape index (κ2) is 15.4. The van der Waals surface area contributed by atoms with E-state index in [2.05, 4.69) is 50.0 Å². The van der Waals surface area contributed by atoms with Gasteiger partial charge in [-0.15, -0.1) is 5.10 Å². The number of hydrogen-bond donors (Lipinski definition) is 2. The van der Waals surface area contributed by atoms with Crippen molar-refractivity contribution in [2.45, 2.75) is 90.5 Å². The van der Waals surface area contributed by atoms with Crippen molar-refractivity contribution in [2.75, 3.05) is 23.9 Å². The smallest absolute Gasteiger partial charge is 0.306 e. The minimum absolute atomic E-state index is 0.0122. The third-order valence-electron chi connectivity index (χ3n) is 10.5. The van der Waals surface area contributed by atoms with Gasteiger partial charge in [0.05, 0.1) is 29.3 Å². The summed E-state index contributed by atoms with van der Waals surface area (Å²) in [5, 5.41) is 27.4. The van der Waals surface area contributed by atoms with Gasteiger partial charge in [-0.3, -0.25) is 9.59 Å². The minimum atomic E-state index is -4.32. The van der Waals surface area contributed by atoms with E-state index in [-0.39, 0.29) is 56.4 Å². The van der Waals surface area contributed by atoms with E-state index < -0.39 is 27.6 Å². The first-order valence-electron chi connectivity index (χ1n) is 18.7. The van der Waals surface area contributed by atoms with Crippen LogP contribution in [0.2, 0.25) is 0 Å². The van der Waals surface area contributed by atoms with Gasteiger partial charge in [0.15, 0.2) is 17.5 Å². The zero-order chi connectivity index (χ0) is 40.7. The number of nitriles is 1. The molecule has 1 aromatic heterocycles. The summed E-state index contributed by atoms with van der Waals surface area (Å²) in [7, 11) is -2.89. The van der Waals surface area contributed by atoms with Crippen molar-refractivity contribution >= 4 is 49.5 Å². The molecular weight excluding hydrogens is 731 g/mol. The molecule has 3 aromatic carbocycles. The van der Waals surface area contributed by atoms with Crippen LogP contribution in [-0.2, 0) is 19.4 Å². The molecule has 4 aromatic rings. The topological polar surface area (TPSA) is 180 Å². The lowest BCUT2D eigenvalue weighted by Gasteiger charge is -2.48. The van der Waals surface area contributed by atoms with Crippen LogP contribution in [0.25, 0.3) is 16.3 Å². The number of nitrogens with one attached hydrogen (secondary N) is 1. The highest BCUT2D eigenvalue weighted by Crippen LogP contribution is 2.46. The van der Waals surface area contributed by atoms with Crippen LogP contribution in [-0.4, -0.2) is 65.2 Å². The highest BCUT2D eigenvalue weighted by atomic mass is 32.2. The van der Waals surface area contributed by atoms with Crippen LogP contribution in [0, 0.1) is 31.1 Å². The molecule has 0 bridgehead atoms. The summed E-state index contributed by atoms with van der Waals surface area (Å²) in [5.41, 5.74) is 4.99. The fourth-order valence-electron chi connectivity index (χ4n) is 7.45. The molecule has 1 amide bonds. The van der Waals surface area contributed by atoms with E-state index in [1.54, 1.807) is 30.3 Å². The number of carboxylic acids is 1. The molecular formula is C42H47N7O6S. The molecule has 3 heterocycles. The minimum Gasteiger partial charge on any atom is -0.495 e. The number of benzene rings is 3. The lowest BCUT2D eigenvalue weighted by molar-refractivity contribution is -0.142. The van der Waals surface area contributed by atoms with Gasteiger partial charge in [0.25, 0.3) is 0 Å². The number of nitrogens with zero attached hydrogens (tertiary/aromatic N) is 6. The SMILES string of the molecule is CCCCN1c2cc(C)c(N=C3C(C#N)=C(S(=O)(=O)c4ccc(C)cc4)c4nc(-c5ccc(OC)c(NC(=O)CC(C)C(=O)O)c5)nn43)cc2C(C)CC1(C)C. The van der Waals surface area contributed by atoms with Crippen LogP contribution >= 0.6 is 0 Å². The molecule has 292 valence electrons. The van der Waals surface area contributed by atoms with Crippen molar-refractivity contribution in [1.29, 1.82) is 5.26 Å². The molecule has 0 saturated carbocycles. The summed E-state index contributed by atoms with van der Waals surface area (Å²) in [6, 6.07) is 17.5. The predicted octanol–water partition coefficient (Wildman–Crippen LogP) is 7.81. The molecule has 0 saturated heterocycles. The molecule has 0 aliphatic carbocycles. The second-order valence-corrected chi connectivity index (χ2v) is 17.2. The molecule has 0 radical (unpaired) electrons. The number of unbranched alkanes of at least 4 members (excludes halogenated alkanes) is 1. The Hall–Kier alpha value is -5.81. The maximum atomic E-state index is 14.4. The molecule has 6 rings (SSSR count). The number of sulfone groups is 1. The number of anilines is 2. The summed E-state index contributed by atoms with van der Waals surface area (Å²) in [6.45, 7) is 15.1. The van der Waals surface area contributed by atoms with Gasteiger partial charge in [0.2, 0.25) is 15.7 Å². The number of carbonyl (C=O) groups excluding carboxylic acids is 1. The number of methoxy groups -OCH3 is 1. The molecule has 0 spiro atoms. The van der Waals surface area contributed by atoms with Gasteiger partial charge in [0, 0.05) is 29.8 Å². The highest BCUT2D eigenvalue weighted by molar-refractivity contribution is 8.00. The second-order valence-electron chi connectivity index (χ2n) is 15.3. The zero-order valence-corrected chi connectivity index (χ0v) is 33.8. The van der Waals surface area contributed by atoms with E-state index in [1.165, 1.54) is 30.8 Å². The van der Waals surface area contributed by atoms with Gasteiger partial charge < -0.3 is 20.1 Å². The molecule has 2 N–H and O–H groups in total. The lowest BCUT2D eigenvalue weighted by atomic mass is 9.79. The monoisotopic (exact) mass is 777 g/mol. The van der Waals surface area contributed by atoms with Gasteiger partial charge in [-0.1, -0.05) is 44.9 Å². The average molecular weight is 778 g/mol. The van der Waals surface area contributed by atoms with Crippen LogP contribution in [0.1, 0.15) is 88.7 Å². The molecule has 14 heteroatoms. The highest BCUT2D eigenvalue weighted by Gasteiger charge is 2.41. The normalized spacial score (nSPS) is 17.3. The maximum absolute atomic E-state index is 14.4. The summed E-state index contributed by atoms with van der Waals surface area (Å²) >= 11 is 0. The van der Waals surface area contributed by atoms with Crippen molar-refractivity contribution in [1.82, 2.24) is 14.8 Å². The fraction of sp³-hybridized carbons (Fsp3) is 0.381. The number of allylic oxidation sites excluding steroid dienone is 1. The Morgan fingerprint density at radius 3 is 2.50 bits per heavy atom. The largest absolute Gasteiger partial charge is 0.495 e. The maximum Gasteiger partial charge on any atom is 0.306 e. The molecule has 2 aliphatic rings. The third kappa shape index (κ3) is 7.43. The van der Waals surface area contributed by atoms with Gasteiger partial charge >= 0.3 is 5.97 Å². The Labute approximate surface area is 327 Å². The number of aliphatic imine (C=N–C) groups is 1. The molecule has 2 aliphatic heterocycles. The summed E-state index contributed by atoms with van der Waals surface area (Å²) < 4.78 is 35.6. The van der Waals surface area contributed by atoms with Crippen molar-refractivity contribution in [3.05, 3.63) is 82.7 Å². The number of aromatic nitrogens is 3. The molecule has 13 nitrogen and oxygen atoms in total. The van der Waals surface area contributed by atoms with Crippen molar-refractivity contribution < 1.29 is 27.9 Å². The number of aryl methyl sites for hydroxylation is 2. The molecule has 2 atom stereocenters. The fourth-order valence-corrected chi connectivity index (χ4v) is 8.96. The first-order valence-corrected chi connectivity index (χ1v) is 20.1. The average Bonchev–Trinajstić information content (AvgIpc) is 3.69. The lowest BCUT2D eigenvalue weighted by Crippen LogP contribution is -2.48. The number of fused-ring (bicyclic) bond motifs is 2. The Morgan fingerprint density at radius 2 is 1.86 bits per heavy atom. The van der Waals surface area contributed by atoms with Gasteiger partial charge in [0.1, 0.15) is 22.3 Å². The Kier molecular flexibility index (Phi) is 10.9. The third-order valence-corrected chi connectivity index (χ3v) is 12.3. The van der Waals surface area contributed by atoms with Crippen molar-refractivity contribution in [3.63, 3.8) is 0 Å². The molecule has 56 heavy (non-hydrogen) atoms. The quantitative estimate of drug-likeness (QED) is 0.144. The number of carbonyl (C=O) groups is 2.